The Labute approximate surface area is 129 Å². The second kappa shape index (κ2) is 6.53. The van der Waals surface area contributed by atoms with Crippen LogP contribution in [0.1, 0.15) is 34.1 Å². The molecule has 0 aliphatic carbocycles. The third-order valence-corrected chi connectivity index (χ3v) is 4.52. The van der Waals surface area contributed by atoms with Gasteiger partial charge < -0.3 is 14.5 Å². The molecule has 2 rings (SSSR count). The maximum Gasteiger partial charge on any atom is 0.410 e. The number of hydrogen-bond acceptors (Lipinski definition) is 4. The standard InChI is InChI=1S/C16H31N3O2/c1-13-12-19(15(20)21-16(2,3)4)7-6-14(13)18-10-8-17(5)9-11-18/h13-14H,6-12H2,1-5H3. The number of carbonyl (C=O) groups excluding carboxylic acids is 1. The van der Waals surface area contributed by atoms with Crippen molar-refractivity contribution in [3.63, 3.8) is 0 Å². The molecule has 2 aliphatic heterocycles. The van der Waals surface area contributed by atoms with E-state index in [2.05, 4.69) is 23.8 Å². The van der Waals surface area contributed by atoms with Gasteiger partial charge in [0.2, 0.25) is 0 Å². The Morgan fingerprint density at radius 1 is 1.10 bits per heavy atom. The summed E-state index contributed by atoms with van der Waals surface area (Å²) in [6, 6.07) is 0.609. The minimum absolute atomic E-state index is 0.161. The molecule has 5 heteroatoms. The van der Waals surface area contributed by atoms with E-state index in [-0.39, 0.29) is 6.09 Å². The number of likely N-dealkylation sites (N-methyl/N-ethyl adjacent to an activating group) is 1. The lowest BCUT2D eigenvalue weighted by molar-refractivity contribution is -0.00188. The largest absolute Gasteiger partial charge is 0.444 e. The Bertz CT molecular complexity index is 359. The van der Waals surface area contributed by atoms with Gasteiger partial charge in [-0.1, -0.05) is 6.92 Å². The molecule has 21 heavy (non-hydrogen) atoms. The Morgan fingerprint density at radius 2 is 1.71 bits per heavy atom. The van der Waals surface area contributed by atoms with E-state index < -0.39 is 5.60 Å². The third kappa shape index (κ3) is 4.58. The van der Waals surface area contributed by atoms with E-state index in [9.17, 15) is 4.79 Å². The van der Waals surface area contributed by atoms with E-state index in [0.717, 1.165) is 45.7 Å². The summed E-state index contributed by atoms with van der Waals surface area (Å²) >= 11 is 0. The van der Waals surface area contributed by atoms with Crippen molar-refractivity contribution in [1.82, 2.24) is 14.7 Å². The smallest absolute Gasteiger partial charge is 0.410 e. The van der Waals surface area contributed by atoms with E-state index in [1.165, 1.54) is 0 Å². The summed E-state index contributed by atoms with van der Waals surface area (Å²) in [6.45, 7) is 14.3. The highest BCUT2D eigenvalue weighted by Gasteiger charge is 2.34. The topological polar surface area (TPSA) is 36.0 Å². The molecule has 0 radical (unpaired) electrons. The van der Waals surface area contributed by atoms with Crippen molar-refractivity contribution in [2.45, 2.75) is 45.8 Å². The van der Waals surface area contributed by atoms with Gasteiger partial charge in [0, 0.05) is 45.3 Å². The van der Waals surface area contributed by atoms with Crippen molar-refractivity contribution < 1.29 is 9.53 Å². The van der Waals surface area contributed by atoms with E-state index in [1.54, 1.807) is 0 Å². The maximum atomic E-state index is 12.2. The molecule has 122 valence electrons. The van der Waals surface area contributed by atoms with Gasteiger partial charge in [0.15, 0.2) is 0 Å². The quantitative estimate of drug-likeness (QED) is 0.740. The van der Waals surface area contributed by atoms with Gasteiger partial charge in [-0.3, -0.25) is 4.90 Å². The molecule has 2 atom stereocenters. The van der Waals surface area contributed by atoms with Gasteiger partial charge in [-0.2, -0.15) is 0 Å². The Kier molecular flexibility index (Phi) is 5.15. The first-order valence-corrected chi connectivity index (χ1v) is 8.17. The number of likely N-dealkylation sites (tertiary alicyclic amines) is 1. The lowest BCUT2D eigenvalue weighted by atomic mass is 9.92. The number of hydrogen-bond donors (Lipinski definition) is 0. The summed E-state index contributed by atoms with van der Waals surface area (Å²) in [7, 11) is 2.19. The zero-order valence-corrected chi connectivity index (χ0v) is 14.3. The molecule has 2 fully saturated rings. The molecule has 0 spiro atoms. The number of carbonyl (C=O) groups is 1. The highest BCUT2D eigenvalue weighted by Crippen LogP contribution is 2.24. The minimum atomic E-state index is -0.408. The fraction of sp³-hybridized carbons (Fsp3) is 0.938. The van der Waals surface area contributed by atoms with Crippen LogP contribution in [0.4, 0.5) is 4.79 Å². The van der Waals surface area contributed by atoms with E-state index in [0.29, 0.717) is 12.0 Å². The van der Waals surface area contributed by atoms with Crippen molar-refractivity contribution in [1.29, 1.82) is 0 Å². The summed E-state index contributed by atoms with van der Waals surface area (Å²) in [6.07, 6.45) is 0.899. The van der Waals surface area contributed by atoms with E-state index in [1.807, 2.05) is 25.7 Å². The van der Waals surface area contributed by atoms with Crippen molar-refractivity contribution >= 4 is 6.09 Å². The first-order chi connectivity index (χ1) is 9.76. The van der Waals surface area contributed by atoms with Gasteiger partial charge >= 0.3 is 6.09 Å². The average molecular weight is 297 g/mol. The van der Waals surface area contributed by atoms with Crippen LogP contribution in [-0.4, -0.2) is 78.8 Å². The monoisotopic (exact) mass is 297 g/mol. The Hall–Kier alpha value is -0.810. The second-order valence-electron chi connectivity index (χ2n) is 7.60. The molecule has 2 heterocycles. The number of amides is 1. The van der Waals surface area contributed by atoms with Crippen molar-refractivity contribution in [3.05, 3.63) is 0 Å². The molecule has 0 bridgehead atoms. The van der Waals surface area contributed by atoms with Crippen LogP contribution in [0.15, 0.2) is 0 Å². The molecule has 2 unspecified atom stereocenters. The number of ether oxygens (including phenoxy) is 1. The van der Waals surface area contributed by atoms with Gasteiger partial charge in [0.05, 0.1) is 0 Å². The van der Waals surface area contributed by atoms with Crippen LogP contribution >= 0.6 is 0 Å². The lowest BCUT2D eigenvalue weighted by Crippen LogP contribution is -2.56. The summed E-state index contributed by atoms with van der Waals surface area (Å²) in [5, 5.41) is 0. The van der Waals surface area contributed by atoms with Crippen LogP contribution in [0, 0.1) is 5.92 Å². The van der Waals surface area contributed by atoms with Crippen molar-refractivity contribution in [3.8, 4) is 0 Å². The predicted octanol–water partition coefficient (Wildman–Crippen LogP) is 1.88. The third-order valence-electron chi connectivity index (χ3n) is 4.52. The van der Waals surface area contributed by atoms with Crippen LogP contribution < -0.4 is 0 Å². The zero-order chi connectivity index (χ0) is 15.6. The van der Waals surface area contributed by atoms with Crippen LogP contribution in [-0.2, 0) is 4.74 Å². The van der Waals surface area contributed by atoms with E-state index >= 15 is 0 Å². The fourth-order valence-electron chi connectivity index (χ4n) is 3.32. The summed E-state index contributed by atoms with van der Waals surface area (Å²) < 4.78 is 5.49. The van der Waals surface area contributed by atoms with Gasteiger partial charge in [-0.25, -0.2) is 4.79 Å². The number of rotatable bonds is 1. The van der Waals surface area contributed by atoms with Crippen molar-refractivity contribution in [2.24, 2.45) is 5.92 Å². The predicted molar refractivity (Wildman–Crippen MR) is 84.4 cm³/mol. The normalized spacial score (nSPS) is 29.5. The first kappa shape index (κ1) is 16.6. The SMILES string of the molecule is CC1CN(C(=O)OC(C)(C)C)CCC1N1CCN(C)CC1. The van der Waals surface area contributed by atoms with Crippen LogP contribution in [0.5, 0.6) is 0 Å². The summed E-state index contributed by atoms with van der Waals surface area (Å²) in [5.74, 6) is 0.509. The Balaban J connectivity index is 1.86. The van der Waals surface area contributed by atoms with Gasteiger partial charge in [-0.15, -0.1) is 0 Å². The Morgan fingerprint density at radius 3 is 2.24 bits per heavy atom. The molecule has 5 nitrogen and oxygen atoms in total. The van der Waals surface area contributed by atoms with Gasteiger partial charge in [0.1, 0.15) is 5.60 Å². The number of piperazine rings is 1. The molecule has 2 aliphatic rings. The average Bonchev–Trinajstić information content (AvgIpc) is 2.38. The first-order valence-electron chi connectivity index (χ1n) is 8.17. The maximum absolute atomic E-state index is 12.2. The molecule has 0 aromatic heterocycles. The van der Waals surface area contributed by atoms with Crippen LogP contribution in [0.2, 0.25) is 0 Å². The molecule has 0 N–H and O–H groups in total. The molecule has 0 aromatic rings. The minimum Gasteiger partial charge on any atom is -0.444 e. The molecule has 0 saturated carbocycles. The van der Waals surface area contributed by atoms with Crippen LogP contribution in [0.3, 0.4) is 0 Å². The molecular weight excluding hydrogens is 266 g/mol. The van der Waals surface area contributed by atoms with Crippen LogP contribution in [0.25, 0.3) is 0 Å². The molecular formula is C16H31N3O2. The zero-order valence-electron chi connectivity index (χ0n) is 14.3. The number of nitrogens with zero attached hydrogens (tertiary/aromatic N) is 3. The summed E-state index contributed by atoms with van der Waals surface area (Å²) in [4.78, 5) is 19.0. The lowest BCUT2D eigenvalue weighted by Gasteiger charge is -2.45. The highest BCUT2D eigenvalue weighted by atomic mass is 16.6. The fourth-order valence-corrected chi connectivity index (χ4v) is 3.32. The van der Waals surface area contributed by atoms with Gasteiger partial charge in [-0.05, 0) is 40.2 Å². The molecule has 0 aromatic carbocycles. The number of piperidine rings is 1. The van der Waals surface area contributed by atoms with Gasteiger partial charge in [0.25, 0.3) is 0 Å². The second-order valence-corrected chi connectivity index (χ2v) is 7.60. The van der Waals surface area contributed by atoms with E-state index in [4.69, 9.17) is 4.74 Å². The summed E-state index contributed by atoms with van der Waals surface area (Å²) in [5.41, 5.74) is -0.408. The molecule has 1 amide bonds. The highest BCUT2D eigenvalue weighted by molar-refractivity contribution is 5.68. The molecule has 2 saturated heterocycles. The van der Waals surface area contributed by atoms with Crippen molar-refractivity contribution in [2.75, 3.05) is 46.3 Å².